The molecule has 1 unspecified atom stereocenters. The number of aromatic nitrogens is 1. The number of amides is 1. The highest BCUT2D eigenvalue weighted by Crippen LogP contribution is 2.16. The van der Waals surface area contributed by atoms with Gasteiger partial charge in [-0.15, -0.1) is 0 Å². The average Bonchev–Trinajstić information content (AvgIpc) is 2.21. The third-order valence-corrected chi connectivity index (χ3v) is 3.05. The van der Waals surface area contributed by atoms with Crippen molar-refractivity contribution in [3.8, 4) is 0 Å². The number of hydrogen-bond acceptors (Lipinski definition) is 4. The molecular weight excluding hydrogens is 246 g/mol. The molecule has 0 saturated carbocycles. The monoisotopic (exact) mass is 259 g/mol. The summed E-state index contributed by atoms with van der Waals surface area (Å²) >= 11 is 7.54. The van der Waals surface area contributed by atoms with Crippen molar-refractivity contribution in [2.75, 3.05) is 17.7 Å². The van der Waals surface area contributed by atoms with E-state index in [-0.39, 0.29) is 17.8 Å². The maximum Gasteiger partial charge on any atom is 0.253 e. The molecule has 1 amide bonds. The highest BCUT2D eigenvalue weighted by atomic mass is 35.5. The van der Waals surface area contributed by atoms with Crippen molar-refractivity contribution in [3.05, 3.63) is 22.8 Å². The molecule has 0 fully saturated rings. The highest BCUT2D eigenvalue weighted by Gasteiger charge is 2.13. The molecular formula is C10H14ClN3OS. The lowest BCUT2D eigenvalue weighted by Crippen LogP contribution is -2.34. The molecule has 0 radical (unpaired) electrons. The fourth-order valence-electron chi connectivity index (χ4n) is 1.22. The highest BCUT2D eigenvalue weighted by molar-refractivity contribution is 7.98. The lowest BCUT2D eigenvalue weighted by atomic mass is 10.2. The van der Waals surface area contributed by atoms with Crippen molar-refractivity contribution < 1.29 is 4.79 Å². The Kier molecular flexibility index (Phi) is 4.89. The van der Waals surface area contributed by atoms with Crippen LogP contribution in [0.5, 0.6) is 0 Å². The van der Waals surface area contributed by atoms with Crippen LogP contribution in [0.25, 0.3) is 0 Å². The third kappa shape index (κ3) is 3.57. The number of thioether (sulfide) groups is 1. The van der Waals surface area contributed by atoms with E-state index in [1.165, 1.54) is 12.3 Å². The van der Waals surface area contributed by atoms with E-state index < -0.39 is 0 Å². The van der Waals surface area contributed by atoms with Crippen molar-refractivity contribution in [2.24, 2.45) is 0 Å². The van der Waals surface area contributed by atoms with Crippen LogP contribution in [0.2, 0.25) is 5.02 Å². The Hall–Kier alpha value is -0.940. The maximum absolute atomic E-state index is 11.8. The number of nitrogens with two attached hydrogens (primary N) is 1. The first kappa shape index (κ1) is 13.1. The topological polar surface area (TPSA) is 68.0 Å². The molecule has 0 aliphatic carbocycles. The number of anilines is 1. The maximum atomic E-state index is 11.8. The molecule has 1 aromatic heterocycles. The number of carbonyl (C=O) groups is 1. The molecule has 0 bridgehead atoms. The first-order chi connectivity index (χ1) is 7.54. The van der Waals surface area contributed by atoms with Crippen LogP contribution in [0.4, 0.5) is 5.82 Å². The summed E-state index contributed by atoms with van der Waals surface area (Å²) in [6.07, 6.45) is 3.37. The number of halogens is 1. The van der Waals surface area contributed by atoms with Gasteiger partial charge < -0.3 is 11.1 Å². The second-order valence-electron chi connectivity index (χ2n) is 3.42. The van der Waals surface area contributed by atoms with Crippen LogP contribution in [-0.4, -0.2) is 28.9 Å². The van der Waals surface area contributed by atoms with Crippen LogP contribution in [0.1, 0.15) is 17.3 Å². The molecule has 0 spiro atoms. The Balaban J connectivity index is 2.76. The molecule has 0 saturated heterocycles. The van der Waals surface area contributed by atoms with Crippen molar-refractivity contribution >= 4 is 35.1 Å². The van der Waals surface area contributed by atoms with Gasteiger partial charge in [0.25, 0.3) is 5.91 Å². The zero-order valence-electron chi connectivity index (χ0n) is 9.16. The predicted octanol–water partition coefficient (Wildman–Crippen LogP) is 1.80. The van der Waals surface area contributed by atoms with Crippen molar-refractivity contribution in [2.45, 2.75) is 13.0 Å². The zero-order valence-corrected chi connectivity index (χ0v) is 10.7. The summed E-state index contributed by atoms with van der Waals surface area (Å²) in [5.41, 5.74) is 5.86. The summed E-state index contributed by atoms with van der Waals surface area (Å²) in [5, 5.41) is 3.15. The number of carbonyl (C=O) groups excluding carboxylic acids is 1. The first-order valence-electron chi connectivity index (χ1n) is 4.75. The van der Waals surface area contributed by atoms with Gasteiger partial charge in [0.2, 0.25) is 0 Å². The van der Waals surface area contributed by atoms with Crippen molar-refractivity contribution in [1.29, 1.82) is 0 Å². The SMILES string of the molecule is CSCC(C)NC(=O)c1cc(N)ncc1Cl. The standard InChI is InChI=1S/C10H14ClN3OS/c1-6(5-16-2)14-10(15)7-3-9(12)13-4-8(7)11/h3-4,6H,5H2,1-2H3,(H2,12,13)(H,14,15). The molecule has 1 heterocycles. The van der Waals surface area contributed by atoms with E-state index in [0.29, 0.717) is 10.6 Å². The summed E-state index contributed by atoms with van der Waals surface area (Å²) in [6.45, 7) is 1.94. The molecule has 3 N–H and O–H groups in total. The minimum absolute atomic E-state index is 0.0907. The van der Waals surface area contributed by atoms with E-state index in [1.807, 2.05) is 13.2 Å². The zero-order chi connectivity index (χ0) is 12.1. The Labute approximate surface area is 104 Å². The van der Waals surface area contributed by atoms with Gasteiger partial charge in [0.15, 0.2) is 0 Å². The van der Waals surface area contributed by atoms with Crippen LogP contribution in [-0.2, 0) is 0 Å². The first-order valence-corrected chi connectivity index (χ1v) is 6.52. The fraction of sp³-hybridized carbons (Fsp3) is 0.400. The summed E-state index contributed by atoms with van der Waals surface area (Å²) in [7, 11) is 0. The van der Waals surface area contributed by atoms with Gasteiger partial charge in [-0.1, -0.05) is 11.6 Å². The Bertz CT molecular complexity index is 386. The average molecular weight is 260 g/mol. The van der Waals surface area contributed by atoms with Gasteiger partial charge in [-0.3, -0.25) is 4.79 Å². The van der Waals surface area contributed by atoms with E-state index in [1.54, 1.807) is 11.8 Å². The molecule has 1 rings (SSSR count). The number of hydrogen-bond donors (Lipinski definition) is 2. The van der Waals surface area contributed by atoms with Crippen LogP contribution in [0.3, 0.4) is 0 Å². The third-order valence-electron chi connectivity index (χ3n) is 1.92. The molecule has 0 aromatic carbocycles. The van der Waals surface area contributed by atoms with E-state index in [2.05, 4.69) is 10.3 Å². The Morgan fingerprint density at radius 3 is 3.06 bits per heavy atom. The summed E-state index contributed by atoms with van der Waals surface area (Å²) < 4.78 is 0. The van der Waals surface area contributed by atoms with Crippen LogP contribution in [0.15, 0.2) is 12.3 Å². The number of pyridine rings is 1. The summed E-state index contributed by atoms with van der Waals surface area (Å²) in [6, 6.07) is 1.57. The molecule has 88 valence electrons. The van der Waals surface area contributed by atoms with E-state index in [9.17, 15) is 4.79 Å². The quantitative estimate of drug-likeness (QED) is 0.865. The van der Waals surface area contributed by atoms with Gasteiger partial charge in [-0.05, 0) is 19.2 Å². The van der Waals surface area contributed by atoms with Crippen molar-refractivity contribution in [3.63, 3.8) is 0 Å². The predicted molar refractivity (Wildman–Crippen MR) is 69.0 cm³/mol. The van der Waals surface area contributed by atoms with Gasteiger partial charge in [0.05, 0.1) is 10.6 Å². The van der Waals surface area contributed by atoms with E-state index >= 15 is 0 Å². The molecule has 16 heavy (non-hydrogen) atoms. The molecule has 1 aromatic rings. The fourth-order valence-corrected chi connectivity index (χ4v) is 1.99. The molecule has 4 nitrogen and oxygen atoms in total. The van der Waals surface area contributed by atoms with E-state index in [0.717, 1.165) is 5.75 Å². The number of nitrogens with one attached hydrogen (secondary N) is 1. The van der Waals surface area contributed by atoms with Gasteiger partial charge >= 0.3 is 0 Å². The summed E-state index contributed by atoms with van der Waals surface area (Å²) in [4.78, 5) is 15.6. The lowest BCUT2D eigenvalue weighted by Gasteiger charge is -2.13. The van der Waals surface area contributed by atoms with Gasteiger partial charge in [-0.2, -0.15) is 11.8 Å². The minimum Gasteiger partial charge on any atom is -0.384 e. The second-order valence-corrected chi connectivity index (χ2v) is 4.74. The van der Waals surface area contributed by atoms with Crippen LogP contribution < -0.4 is 11.1 Å². The van der Waals surface area contributed by atoms with Crippen LogP contribution in [0, 0.1) is 0 Å². The summed E-state index contributed by atoms with van der Waals surface area (Å²) in [5.74, 6) is 0.914. The Morgan fingerprint density at radius 2 is 2.44 bits per heavy atom. The Morgan fingerprint density at radius 1 is 1.75 bits per heavy atom. The molecule has 6 heteroatoms. The van der Waals surface area contributed by atoms with Crippen molar-refractivity contribution in [1.82, 2.24) is 10.3 Å². The smallest absolute Gasteiger partial charge is 0.253 e. The number of nitrogen functional groups attached to an aromatic ring is 1. The van der Waals surface area contributed by atoms with Crippen LogP contribution >= 0.6 is 23.4 Å². The molecule has 0 aliphatic heterocycles. The van der Waals surface area contributed by atoms with Gasteiger partial charge in [-0.25, -0.2) is 4.98 Å². The second kappa shape index (κ2) is 5.96. The normalized spacial score (nSPS) is 12.2. The molecule has 1 atom stereocenters. The lowest BCUT2D eigenvalue weighted by molar-refractivity contribution is 0.0944. The number of rotatable bonds is 4. The largest absolute Gasteiger partial charge is 0.384 e. The molecule has 0 aliphatic rings. The minimum atomic E-state index is -0.222. The number of nitrogens with zero attached hydrogens (tertiary/aromatic N) is 1. The van der Waals surface area contributed by atoms with E-state index in [4.69, 9.17) is 17.3 Å². The van der Waals surface area contributed by atoms with Gasteiger partial charge in [0, 0.05) is 18.0 Å². The van der Waals surface area contributed by atoms with Gasteiger partial charge in [0.1, 0.15) is 5.82 Å².